The number of piperazine rings is 1. The normalized spacial score (nSPS) is 27.4. The predicted molar refractivity (Wildman–Crippen MR) is 66.0 cm³/mol. The maximum Gasteiger partial charge on any atom is 0.238 e. The number of amides is 2. The van der Waals surface area contributed by atoms with E-state index in [1.54, 1.807) is 0 Å². The average molecular weight is 255 g/mol. The highest BCUT2D eigenvalue weighted by Gasteiger charge is 2.30. The Morgan fingerprint density at radius 2 is 2.22 bits per heavy atom. The second-order valence-electron chi connectivity index (χ2n) is 5.38. The van der Waals surface area contributed by atoms with E-state index in [4.69, 9.17) is 4.74 Å². The highest BCUT2D eigenvalue weighted by atomic mass is 16.5. The van der Waals surface area contributed by atoms with Gasteiger partial charge in [-0.05, 0) is 18.3 Å². The van der Waals surface area contributed by atoms with E-state index in [1.165, 1.54) is 0 Å². The Bertz CT molecular complexity index is 317. The maximum absolute atomic E-state index is 11.9. The van der Waals surface area contributed by atoms with Crippen molar-refractivity contribution >= 4 is 11.8 Å². The van der Waals surface area contributed by atoms with Gasteiger partial charge in [0, 0.05) is 26.3 Å². The molecule has 2 aliphatic heterocycles. The second-order valence-corrected chi connectivity index (χ2v) is 5.38. The Morgan fingerprint density at radius 1 is 1.50 bits per heavy atom. The summed E-state index contributed by atoms with van der Waals surface area (Å²) < 4.78 is 5.33. The number of nitrogens with one attached hydrogen (secondary N) is 3. The van der Waals surface area contributed by atoms with E-state index in [1.807, 2.05) is 0 Å². The molecule has 2 fully saturated rings. The number of carbonyl (C=O) groups is 2. The fraction of sp³-hybridized carbons (Fsp3) is 0.833. The topological polar surface area (TPSA) is 79.5 Å². The highest BCUT2D eigenvalue weighted by molar-refractivity contribution is 5.86. The molecule has 0 spiro atoms. The molecule has 18 heavy (non-hydrogen) atoms. The molecule has 1 atom stereocenters. The monoisotopic (exact) mass is 255 g/mol. The van der Waals surface area contributed by atoms with Gasteiger partial charge in [0.15, 0.2) is 0 Å². The molecule has 0 radical (unpaired) electrons. The van der Waals surface area contributed by atoms with Gasteiger partial charge in [0.1, 0.15) is 6.04 Å². The Kier molecular flexibility index (Phi) is 4.19. The molecule has 2 rings (SSSR count). The van der Waals surface area contributed by atoms with Crippen LogP contribution in [0.4, 0.5) is 0 Å². The van der Waals surface area contributed by atoms with Gasteiger partial charge in [0.25, 0.3) is 0 Å². The van der Waals surface area contributed by atoms with Gasteiger partial charge in [-0.1, -0.05) is 6.92 Å². The Labute approximate surface area is 107 Å². The first-order valence-corrected chi connectivity index (χ1v) is 6.45. The molecule has 102 valence electrons. The van der Waals surface area contributed by atoms with Crippen LogP contribution in [0.25, 0.3) is 0 Å². The summed E-state index contributed by atoms with van der Waals surface area (Å²) in [6, 6.07) is -0.314. The summed E-state index contributed by atoms with van der Waals surface area (Å²) in [5, 5.41) is 8.57. The number of ether oxygens (including phenoxy) is 1. The van der Waals surface area contributed by atoms with Crippen molar-refractivity contribution in [2.24, 2.45) is 5.41 Å². The van der Waals surface area contributed by atoms with Gasteiger partial charge in [0.05, 0.1) is 6.54 Å². The molecule has 2 saturated heterocycles. The summed E-state index contributed by atoms with van der Waals surface area (Å²) in [5.41, 5.74) is 0.131. The first kappa shape index (κ1) is 13.3. The van der Waals surface area contributed by atoms with Crippen LogP contribution in [-0.2, 0) is 14.3 Å². The number of rotatable bonds is 3. The SMILES string of the molecule is CC1(CNC(=O)C2CNC(=O)CN2)CCOCC1. The lowest BCUT2D eigenvalue weighted by molar-refractivity contribution is -0.127. The third kappa shape index (κ3) is 3.43. The summed E-state index contributed by atoms with van der Waals surface area (Å²) in [4.78, 5) is 22.9. The number of carbonyl (C=O) groups excluding carboxylic acids is 2. The van der Waals surface area contributed by atoms with Crippen LogP contribution in [0.5, 0.6) is 0 Å². The Morgan fingerprint density at radius 3 is 2.83 bits per heavy atom. The van der Waals surface area contributed by atoms with E-state index >= 15 is 0 Å². The van der Waals surface area contributed by atoms with Crippen LogP contribution in [0.3, 0.4) is 0 Å². The van der Waals surface area contributed by atoms with Gasteiger partial charge in [-0.3, -0.25) is 14.9 Å². The van der Waals surface area contributed by atoms with Crippen molar-refractivity contribution in [2.75, 3.05) is 32.8 Å². The molecule has 0 bridgehead atoms. The molecular formula is C12H21N3O3. The molecule has 6 nitrogen and oxygen atoms in total. The zero-order valence-electron chi connectivity index (χ0n) is 10.8. The maximum atomic E-state index is 11.9. The van der Waals surface area contributed by atoms with Crippen molar-refractivity contribution < 1.29 is 14.3 Å². The molecule has 0 aromatic rings. The van der Waals surface area contributed by atoms with Crippen LogP contribution in [0.15, 0.2) is 0 Å². The van der Waals surface area contributed by atoms with Crippen LogP contribution in [0.1, 0.15) is 19.8 Å². The van der Waals surface area contributed by atoms with E-state index in [-0.39, 0.29) is 29.8 Å². The molecule has 0 aromatic carbocycles. The Balaban J connectivity index is 1.75. The van der Waals surface area contributed by atoms with Crippen LogP contribution in [0, 0.1) is 5.41 Å². The Hall–Kier alpha value is -1.14. The first-order valence-electron chi connectivity index (χ1n) is 6.45. The lowest BCUT2D eigenvalue weighted by atomic mass is 9.82. The quantitative estimate of drug-likeness (QED) is 0.605. The smallest absolute Gasteiger partial charge is 0.238 e. The lowest BCUT2D eigenvalue weighted by Gasteiger charge is -2.34. The summed E-state index contributed by atoms with van der Waals surface area (Å²) >= 11 is 0. The molecule has 2 aliphatic rings. The molecule has 2 heterocycles. The molecule has 0 saturated carbocycles. The van der Waals surface area contributed by atoms with Gasteiger partial charge in [-0.25, -0.2) is 0 Å². The molecular weight excluding hydrogens is 234 g/mol. The average Bonchev–Trinajstić information content (AvgIpc) is 2.38. The standard InChI is InChI=1S/C12H21N3O3/c1-12(2-4-18-5-3-12)8-15-11(17)9-6-14-10(16)7-13-9/h9,13H,2-8H2,1H3,(H,14,16)(H,15,17). The first-order chi connectivity index (χ1) is 8.59. The van der Waals surface area contributed by atoms with Crippen LogP contribution in [-0.4, -0.2) is 50.7 Å². The zero-order valence-corrected chi connectivity index (χ0v) is 10.8. The minimum Gasteiger partial charge on any atom is -0.381 e. The minimum absolute atomic E-state index is 0.0392. The van der Waals surface area contributed by atoms with Crippen LogP contribution < -0.4 is 16.0 Å². The van der Waals surface area contributed by atoms with Gasteiger partial charge in [0.2, 0.25) is 11.8 Å². The highest BCUT2D eigenvalue weighted by Crippen LogP contribution is 2.28. The number of hydrogen-bond acceptors (Lipinski definition) is 4. The molecule has 3 N–H and O–H groups in total. The lowest BCUT2D eigenvalue weighted by Crippen LogP contribution is -2.58. The van der Waals surface area contributed by atoms with Gasteiger partial charge < -0.3 is 15.4 Å². The third-order valence-corrected chi connectivity index (χ3v) is 3.72. The predicted octanol–water partition coefficient (Wildman–Crippen LogP) is -0.993. The summed E-state index contributed by atoms with van der Waals surface area (Å²) in [7, 11) is 0. The van der Waals surface area contributed by atoms with E-state index in [2.05, 4.69) is 22.9 Å². The fourth-order valence-electron chi connectivity index (χ4n) is 2.22. The van der Waals surface area contributed by atoms with Crippen molar-refractivity contribution in [2.45, 2.75) is 25.8 Å². The van der Waals surface area contributed by atoms with Crippen LogP contribution >= 0.6 is 0 Å². The van der Waals surface area contributed by atoms with Gasteiger partial charge in [-0.15, -0.1) is 0 Å². The van der Waals surface area contributed by atoms with Crippen LogP contribution in [0.2, 0.25) is 0 Å². The molecule has 2 amide bonds. The molecule has 6 heteroatoms. The molecule has 0 aliphatic carbocycles. The molecule has 1 unspecified atom stereocenters. The van der Waals surface area contributed by atoms with Crippen molar-refractivity contribution in [3.8, 4) is 0 Å². The van der Waals surface area contributed by atoms with Crippen molar-refractivity contribution in [1.82, 2.24) is 16.0 Å². The third-order valence-electron chi connectivity index (χ3n) is 3.72. The summed E-state index contributed by atoms with van der Waals surface area (Å²) in [6.45, 7) is 4.95. The fourth-order valence-corrected chi connectivity index (χ4v) is 2.22. The minimum atomic E-state index is -0.314. The second kappa shape index (κ2) is 5.67. The van der Waals surface area contributed by atoms with Gasteiger partial charge >= 0.3 is 0 Å². The van der Waals surface area contributed by atoms with E-state index in [0.29, 0.717) is 13.1 Å². The van der Waals surface area contributed by atoms with E-state index < -0.39 is 0 Å². The van der Waals surface area contributed by atoms with Crippen molar-refractivity contribution in [3.63, 3.8) is 0 Å². The summed E-state index contributed by atoms with van der Waals surface area (Å²) in [6.07, 6.45) is 1.95. The zero-order chi connectivity index (χ0) is 13.0. The van der Waals surface area contributed by atoms with Crippen molar-refractivity contribution in [3.05, 3.63) is 0 Å². The summed E-state index contributed by atoms with van der Waals surface area (Å²) in [5.74, 6) is -0.0989. The largest absolute Gasteiger partial charge is 0.381 e. The van der Waals surface area contributed by atoms with E-state index in [9.17, 15) is 9.59 Å². The van der Waals surface area contributed by atoms with E-state index in [0.717, 1.165) is 26.1 Å². The van der Waals surface area contributed by atoms with Gasteiger partial charge in [-0.2, -0.15) is 0 Å². The number of hydrogen-bond donors (Lipinski definition) is 3. The molecule has 0 aromatic heterocycles. The van der Waals surface area contributed by atoms with Crippen molar-refractivity contribution in [1.29, 1.82) is 0 Å².